The number of nitrogens with one attached hydrogen (secondary N) is 2. The van der Waals surface area contributed by atoms with Gasteiger partial charge in [-0.05, 0) is 30.2 Å². The van der Waals surface area contributed by atoms with Crippen molar-refractivity contribution in [2.75, 3.05) is 10.5 Å². The predicted octanol–water partition coefficient (Wildman–Crippen LogP) is 6.21. The lowest BCUT2D eigenvalue weighted by molar-refractivity contribution is 0.103. The van der Waals surface area contributed by atoms with Gasteiger partial charge in [0.1, 0.15) is 11.5 Å². The highest BCUT2D eigenvalue weighted by Gasteiger charge is 2.24. The van der Waals surface area contributed by atoms with Crippen LogP contribution in [0.15, 0.2) is 60.9 Å². The Morgan fingerprint density at radius 2 is 1.93 bits per heavy atom. The summed E-state index contributed by atoms with van der Waals surface area (Å²) in [4.78, 5) is 20.4. The third-order valence-electron chi connectivity index (χ3n) is 4.69. The predicted molar refractivity (Wildman–Crippen MR) is 118 cm³/mol. The van der Waals surface area contributed by atoms with Gasteiger partial charge in [0.2, 0.25) is 5.78 Å². The fourth-order valence-corrected chi connectivity index (χ4v) is 3.80. The molecule has 2 N–H and O–H groups in total. The van der Waals surface area contributed by atoms with Gasteiger partial charge in [-0.15, -0.1) is 0 Å². The van der Waals surface area contributed by atoms with E-state index in [9.17, 15) is 13.6 Å². The zero-order valence-corrected chi connectivity index (χ0v) is 17.0. The van der Waals surface area contributed by atoms with Gasteiger partial charge in [-0.25, -0.2) is 13.8 Å². The van der Waals surface area contributed by atoms with Gasteiger partial charge < -0.3 is 9.71 Å². The fourth-order valence-electron chi connectivity index (χ4n) is 3.18. The molecule has 0 fully saturated rings. The van der Waals surface area contributed by atoms with Crippen molar-refractivity contribution in [2.45, 2.75) is 13.3 Å². The molecule has 30 heavy (non-hydrogen) atoms. The van der Waals surface area contributed by atoms with E-state index in [0.29, 0.717) is 11.0 Å². The van der Waals surface area contributed by atoms with Crippen LogP contribution in [-0.4, -0.2) is 21.5 Å². The van der Waals surface area contributed by atoms with E-state index in [1.165, 1.54) is 24.2 Å². The first-order chi connectivity index (χ1) is 14.6. The third-order valence-corrected chi connectivity index (χ3v) is 5.67. The zero-order valence-electron chi connectivity index (χ0n) is 16.2. The van der Waals surface area contributed by atoms with Crippen molar-refractivity contribution in [1.29, 1.82) is 0 Å². The third kappa shape index (κ3) is 3.80. The van der Waals surface area contributed by atoms with Crippen molar-refractivity contribution in [2.24, 2.45) is 0 Å². The minimum atomic E-state index is -0.898. The Kier molecular flexibility index (Phi) is 5.81. The number of aromatic amines is 1. The number of halogens is 2. The van der Waals surface area contributed by atoms with Crippen LogP contribution in [0, 0.1) is 11.6 Å². The lowest BCUT2D eigenvalue weighted by Crippen LogP contribution is -2.09. The van der Waals surface area contributed by atoms with E-state index in [1.54, 1.807) is 12.3 Å². The van der Waals surface area contributed by atoms with E-state index in [4.69, 9.17) is 0 Å². The molecule has 4 nitrogen and oxygen atoms in total. The molecule has 0 radical (unpaired) electrons. The summed E-state index contributed by atoms with van der Waals surface area (Å²) in [6, 6.07) is 13.8. The topological polar surface area (TPSA) is 57.8 Å². The molecule has 4 rings (SSSR count). The van der Waals surface area contributed by atoms with Gasteiger partial charge in [-0.3, -0.25) is 4.79 Å². The van der Waals surface area contributed by atoms with Crippen LogP contribution in [-0.2, 0) is 0 Å². The normalized spacial score (nSPS) is 11.0. The molecular formula is C23H19F2N3OS. The molecule has 7 heteroatoms. The SMILES string of the molecule is CCCSNc1ccc(F)c(C(=O)c2c[nH]c3ncc(-c4ccccc4)cc23)c1F. The Morgan fingerprint density at radius 1 is 1.13 bits per heavy atom. The summed E-state index contributed by atoms with van der Waals surface area (Å²) in [6.45, 7) is 2.00. The van der Waals surface area contributed by atoms with Gasteiger partial charge in [0.15, 0.2) is 5.82 Å². The number of rotatable bonds is 7. The highest BCUT2D eigenvalue weighted by molar-refractivity contribution is 8.00. The number of nitrogens with zero attached hydrogens (tertiary/aromatic N) is 1. The van der Waals surface area contributed by atoms with Crippen LogP contribution >= 0.6 is 11.9 Å². The Hall–Kier alpha value is -3.19. The molecule has 0 spiro atoms. The number of carbonyl (C=O) groups excluding carboxylic acids is 1. The highest BCUT2D eigenvalue weighted by Crippen LogP contribution is 2.30. The molecule has 0 aliphatic carbocycles. The second kappa shape index (κ2) is 8.67. The zero-order chi connectivity index (χ0) is 21.1. The molecule has 0 amide bonds. The molecule has 152 valence electrons. The standard InChI is InChI=1S/C23H19F2N3OS/c1-2-10-30-28-19-9-8-18(24)20(21(19)25)22(29)17-13-27-23-16(17)11-15(12-26-23)14-6-4-3-5-7-14/h3-9,11-13,28H,2,10H2,1H3,(H,26,27). The summed E-state index contributed by atoms with van der Waals surface area (Å²) in [5.74, 6) is -1.76. The van der Waals surface area contributed by atoms with E-state index in [2.05, 4.69) is 14.7 Å². The van der Waals surface area contributed by atoms with Crippen molar-refractivity contribution in [1.82, 2.24) is 9.97 Å². The van der Waals surface area contributed by atoms with E-state index < -0.39 is 23.0 Å². The summed E-state index contributed by atoms with van der Waals surface area (Å²) in [5.41, 5.74) is 1.90. The van der Waals surface area contributed by atoms with Crippen molar-refractivity contribution < 1.29 is 13.6 Å². The maximum absolute atomic E-state index is 15.0. The van der Waals surface area contributed by atoms with Crippen molar-refractivity contribution in [3.8, 4) is 11.1 Å². The van der Waals surface area contributed by atoms with Crippen LogP contribution in [0.5, 0.6) is 0 Å². The van der Waals surface area contributed by atoms with Crippen LogP contribution in [0.4, 0.5) is 14.5 Å². The van der Waals surface area contributed by atoms with Crippen molar-refractivity contribution >= 4 is 34.5 Å². The Labute approximate surface area is 176 Å². The van der Waals surface area contributed by atoms with Gasteiger partial charge in [-0.1, -0.05) is 49.2 Å². The largest absolute Gasteiger partial charge is 0.345 e. The monoisotopic (exact) mass is 423 g/mol. The molecule has 0 aliphatic heterocycles. The Balaban J connectivity index is 1.76. The number of carbonyl (C=O) groups is 1. The van der Waals surface area contributed by atoms with Gasteiger partial charge >= 0.3 is 0 Å². The van der Waals surface area contributed by atoms with Crippen molar-refractivity contribution in [3.63, 3.8) is 0 Å². The van der Waals surface area contributed by atoms with Crippen LogP contribution in [0.2, 0.25) is 0 Å². The molecule has 2 aromatic heterocycles. The number of aromatic nitrogens is 2. The number of ketones is 1. The number of pyridine rings is 1. The second-order valence-electron chi connectivity index (χ2n) is 6.75. The van der Waals surface area contributed by atoms with Gasteiger partial charge in [0.25, 0.3) is 0 Å². The number of anilines is 1. The van der Waals surface area contributed by atoms with E-state index >= 15 is 0 Å². The number of hydrogen-bond acceptors (Lipinski definition) is 4. The number of H-pyrrole nitrogens is 1. The second-order valence-corrected chi connectivity index (χ2v) is 7.65. The van der Waals surface area contributed by atoms with E-state index in [1.807, 2.05) is 37.3 Å². The minimum Gasteiger partial charge on any atom is -0.345 e. The van der Waals surface area contributed by atoms with Crippen LogP contribution in [0.1, 0.15) is 29.3 Å². The molecular weight excluding hydrogens is 404 g/mol. The summed E-state index contributed by atoms with van der Waals surface area (Å²) in [6.07, 6.45) is 4.04. The summed E-state index contributed by atoms with van der Waals surface area (Å²) in [5, 5.41) is 0.513. The molecule has 2 heterocycles. The molecule has 0 aliphatic rings. The van der Waals surface area contributed by atoms with Crippen LogP contribution in [0.25, 0.3) is 22.2 Å². The molecule has 2 aromatic carbocycles. The van der Waals surface area contributed by atoms with Gasteiger partial charge in [0, 0.05) is 34.7 Å². The average Bonchev–Trinajstić information content (AvgIpc) is 3.19. The Morgan fingerprint density at radius 3 is 2.70 bits per heavy atom. The first kappa shape index (κ1) is 20.1. The average molecular weight is 423 g/mol. The molecule has 0 unspecified atom stereocenters. The van der Waals surface area contributed by atoms with Gasteiger partial charge in [0.05, 0.1) is 11.3 Å². The first-order valence-electron chi connectivity index (χ1n) is 9.53. The Bertz CT molecular complexity index is 1210. The number of benzene rings is 2. The van der Waals surface area contributed by atoms with Crippen LogP contribution in [0.3, 0.4) is 0 Å². The molecule has 0 saturated heterocycles. The summed E-state index contributed by atoms with van der Waals surface area (Å²) >= 11 is 1.31. The van der Waals surface area contributed by atoms with Crippen LogP contribution < -0.4 is 4.72 Å². The molecule has 0 saturated carbocycles. The molecule has 0 atom stereocenters. The van der Waals surface area contributed by atoms with E-state index in [0.717, 1.165) is 29.4 Å². The summed E-state index contributed by atoms with van der Waals surface area (Å²) < 4.78 is 32.3. The first-order valence-corrected chi connectivity index (χ1v) is 10.5. The smallest absolute Gasteiger partial charge is 0.201 e. The fraction of sp³-hybridized carbons (Fsp3) is 0.130. The van der Waals surface area contributed by atoms with Crippen molar-refractivity contribution in [3.05, 3.63) is 83.7 Å². The lowest BCUT2D eigenvalue weighted by atomic mass is 10.00. The maximum Gasteiger partial charge on any atom is 0.201 e. The maximum atomic E-state index is 15.0. The number of hydrogen-bond donors (Lipinski definition) is 2. The minimum absolute atomic E-state index is 0.0844. The summed E-state index contributed by atoms with van der Waals surface area (Å²) in [7, 11) is 0. The van der Waals surface area contributed by atoms with E-state index in [-0.39, 0.29) is 11.3 Å². The lowest BCUT2D eigenvalue weighted by Gasteiger charge is -2.10. The quantitative estimate of drug-likeness (QED) is 0.211. The number of fused-ring (bicyclic) bond motifs is 1. The molecule has 0 bridgehead atoms. The highest BCUT2D eigenvalue weighted by atomic mass is 32.2. The molecule has 4 aromatic rings. The van der Waals surface area contributed by atoms with Gasteiger partial charge in [-0.2, -0.15) is 0 Å².